The second-order valence-electron chi connectivity index (χ2n) is 1.26. The van der Waals surface area contributed by atoms with Crippen molar-refractivity contribution in [2.45, 2.75) is 13.0 Å². The number of hydrogen-bond donors (Lipinski definition) is 3. The largest absolute Gasteiger partial charge is 0.480 e. The third-order valence-corrected chi connectivity index (χ3v) is 0.390. The molecular formula is C4H10N2O3. The second-order valence-corrected chi connectivity index (χ2v) is 1.26. The summed E-state index contributed by atoms with van der Waals surface area (Å²) in [7, 11) is 0. The predicted molar refractivity (Wildman–Crippen MR) is 31.5 cm³/mol. The Kier molecular flexibility index (Phi) is 8.28. The molecule has 5 nitrogen and oxygen atoms in total. The van der Waals surface area contributed by atoms with Crippen LogP contribution in [0.2, 0.25) is 0 Å². The summed E-state index contributed by atoms with van der Waals surface area (Å²) in [5.41, 5.74) is 9.00. The second kappa shape index (κ2) is 6.90. The Morgan fingerprint density at radius 2 is 1.89 bits per heavy atom. The average molecular weight is 134 g/mol. The van der Waals surface area contributed by atoms with E-state index in [1.807, 2.05) is 0 Å². The minimum Gasteiger partial charge on any atom is -0.480 e. The van der Waals surface area contributed by atoms with Gasteiger partial charge in [0.15, 0.2) is 0 Å². The van der Waals surface area contributed by atoms with Crippen LogP contribution in [0.3, 0.4) is 0 Å². The lowest BCUT2D eigenvalue weighted by atomic mass is 10.4. The zero-order valence-corrected chi connectivity index (χ0v) is 5.07. The monoisotopic (exact) mass is 134 g/mol. The number of nitrogens with two attached hydrogens (primary N) is 2. The molecule has 5 N–H and O–H groups in total. The van der Waals surface area contributed by atoms with Gasteiger partial charge >= 0.3 is 5.97 Å². The van der Waals surface area contributed by atoms with Crippen molar-refractivity contribution < 1.29 is 14.7 Å². The minimum atomic E-state index is -0.963. The van der Waals surface area contributed by atoms with Crippen LogP contribution in [0.5, 0.6) is 0 Å². The first kappa shape index (κ1) is 10.8. The van der Waals surface area contributed by atoms with Gasteiger partial charge in [-0.15, -0.1) is 0 Å². The summed E-state index contributed by atoms with van der Waals surface area (Å²) in [6.45, 7) is 1.42. The summed E-state index contributed by atoms with van der Waals surface area (Å²) in [5.74, 6) is -0.963. The summed E-state index contributed by atoms with van der Waals surface area (Å²) < 4.78 is 0. The van der Waals surface area contributed by atoms with Crippen LogP contribution >= 0.6 is 0 Å². The van der Waals surface area contributed by atoms with E-state index in [4.69, 9.17) is 15.6 Å². The van der Waals surface area contributed by atoms with Crippen LogP contribution in [-0.4, -0.2) is 23.5 Å². The standard InChI is InChI=1S/C3H7NO2.CH3NO/c1-2(4)3(5)6;2-1-3/h2H,4H2,1H3,(H,5,6);1H,(H2,2,3)/t2-;/m0./s1. The highest BCUT2D eigenvalue weighted by Crippen LogP contribution is 1.68. The van der Waals surface area contributed by atoms with E-state index in [2.05, 4.69) is 5.73 Å². The topological polar surface area (TPSA) is 106 Å². The zero-order valence-electron chi connectivity index (χ0n) is 5.07. The van der Waals surface area contributed by atoms with Gasteiger partial charge in [-0.2, -0.15) is 0 Å². The quantitative estimate of drug-likeness (QED) is 0.380. The molecule has 0 heterocycles. The fraction of sp³-hybridized carbons (Fsp3) is 0.500. The van der Waals surface area contributed by atoms with Gasteiger partial charge < -0.3 is 16.6 Å². The molecule has 1 atom stereocenters. The summed E-state index contributed by atoms with van der Waals surface area (Å²) in [6, 6.07) is -0.731. The van der Waals surface area contributed by atoms with E-state index in [1.165, 1.54) is 6.92 Å². The zero-order chi connectivity index (χ0) is 7.86. The lowest BCUT2D eigenvalue weighted by molar-refractivity contribution is -0.138. The number of carbonyl (C=O) groups is 2. The van der Waals surface area contributed by atoms with E-state index in [0.717, 1.165) is 0 Å². The van der Waals surface area contributed by atoms with Gasteiger partial charge in [0.1, 0.15) is 6.04 Å². The van der Waals surface area contributed by atoms with Crippen LogP contribution < -0.4 is 11.5 Å². The molecule has 0 rings (SSSR count). The van der Waals surface area contributed by atoms with E-state index in [0.29, 0.717) is 0 Å². The summed E-state index contributed by atoms with van der Waals surface area (Å²) >= 11 is 0. The molecule has 0 fully saturated rings. The van der Waals surface area contributed by atoms with Crippen molar-refractivity contribution in [3.63, 3.8) is 0 Å². The van der Waals surface area contributed by atoms with Gasteiger partial charge in [0.25, 0.3) is 0 Å². The highest BCUT2D eigenvalue weighted by atomic mass is 16.4. The molecule has 0 aromatic heterocycles. The fourth-order valence-corrected chi connectivity index (χ4v) is 0. The molecule has 9 heavy (non-hydrogen) atoms. The Balaban J connectivity index is 0. The van der Waals surface area contributed by atoms with Crippen LogP contribution in [0.25, 0.3) is 0 Å². The molecule has 0 spiro atoms. The maximum absolute atomic E-state index is 9.57. The first-order valence-electron chi connectivity index (χ1n) is 2.20. The Hall–Kier alpha value is -1.10. The molecule has 0 saturated heterocycles. The molecular weight excluding hydrogens is 124 g/mol. The van der Waals surface area contributed by atoms with Crippen LogP contribution in [0, 0.1) is 0 Å². The molecule has 0 aliphatic rings. The molecule has 0 aromatic rings. The number of carbonyl (C=O) groups excluding carboxylic acids is 1. The van der Waals surface area contributed by atoms with Gasteiger partial charge in [-0.25, -0.2) is 0 Å². The first-order chi connectivity index (χ1) is 4.06. The van der Waals surface area contributed by atoms with Crippen LogP contribution in [0.1, 0.15) is 6.92 Å². The van der Waals surface area contributed by atoms with Crippen molar-refractivity contribution >= 4 is 12.4 Å². The van der Waals surface area contributed by atoms with E-state index in [9.17, 15) is 4.79 Å². The van der Waals surface area contributed by atoms with Crippen LogP contribution in [0.4, 0.5) is 0 Å². The molecule has 0 bridgehead atoms. The predicted octanol–water partition coefficient (Wildman–Crippen LogP) is -1.48. The van der Waals surface area contributed by atoms with Crippen molar-refractivity contribution in [1.29, 1.82) is 0 Å². The summed E-state index contributed by atoms with van der Waals surface area (Å²) in [6.07, 6.45) is 0.250. The molecule has 0 saturated carbocycles. The minimum absolute atomic E-state index is 0.250. The Labute approximate surface area is 52.6 Å². The molecule has 0 aliphatic carbocycles. The third-order valence-electron chi connectivity index (χ3n) is 0.390. The smallest absolute Gasteiger partial charge is 0.320 e. The first-order valence-corrected chi connectivity index (χ1v) is 2.20. The molecule has 1 amide bonds. The molecule has 0 aliphatic heterocycles. The van der Waals surface area contributed by atoms with Crippen molar-refractivity contribution in [3.8, 4) is 0 Å². The van der Waals surface area contributed by atoms with Crippen LogP contribution in [0.15, 0.2) is 0 Å². The molecule has 5 heteroatoms. The average Bonchev–Trinajstić information content (AvgIpc) is 1.68. The van der Waals surface area contributed by atoms with Crippen molar-refractivity contribution in [2.24, 2.45) is 11.5 Å². The molecule has 0 radical (unpaired) electrons. The van der Waals surface area contributed by atoms with Gasteiger partial charge in [-0.3, -0.25) is 9.59 Å². The van der Waals surface area contributed by atoms with Crippen molar-refractivity contribution in [2.75, 3.05) is 0 Å². The maximum atomic E-state index is 9.57. The lowest BCUT2D eigenvalue weighted by Crippen LogP contribution is -2.25. The van der Waals surface area contributed by atoms with E-state index in [1.54, 1.807) is 0 Å². The van der Waals surface area contributed by atoms with E-state index in [-0.39, 0.29) is 6.41 Å². The number of carboxylic acid groups (broad SMARTS) is 1. The SMILES string of the molecule is C[C@H](N)C(=O)O.NC=O. The summed E-state index contributed by atoms with van der Waals surface area (Å²) in [4.78, 5) is 18.2. The van der Waals surface area contributed by atoms with Gasteiger partial charge in [-0.05, 0) is 6.92 Å². The third kappa shape index (κ3) is 19.7. The van der Waals surface area contributed by atoms with Gasteiger partial charge in [0.05, 0.1) is 0 Å². The van der Waals surface area contributed by atoms with Gasteiger partial charge in [0.2, 0.25) is 6.41 Å². The van der Waals surface area contributed by atoms with Crippen molar-refractivity contribution in [1.82, 2.24) is 0 Å². The lowest BCUT2D eigenvalue weighted by Gasteiger charge is -1.90. The molecule has 0 unspecified atom stereocenters. The van der Waals surface area contributed by atoms with E-state index < -0.39 is 12.0 Å². The maximum Gasteiger partial charge on any atom is 0.320 e. The molecule has 54 valence electrons. The number of amides is 1. The van der Waals surface area contributed by atoms with Gasteiger partial charge in [-0.1, -0.05) is 0 Å². The number of rotatable bonds is 1. The van der Waals surface area contributed by atoms with Gasteiger partial charge in [0, 0.05) is 0 Å². The highest BCUT2D eigenvalue weighted by molar-refractivity contribution is 5.72. The number of hydrogen-bond acceptors (Lipinski definition) is 3. The Morgan fingerprint density at radius 1 is 1.78 bits per heavy atom. The molecule has 0 aromatic carbocycles. The summed E-state index contributed by atoms with van der Waals surface area (Å²) in [5, 5.41) is 7.87. The van der Waals surface area contributed by atoms with Crippen molar-refractivity contribution in [3.05, 3.63) is 0 Å². The number of primary amides is 1. The normalized spacial score (nSPS) is 10.4. The number of carboxylic acids is 1. The fourth-order valence-electron chi connectivity index (χ4n) is 0. The van der Waals surface area contributed by atoms with Crippen LogP contribution in [-0.2, 0) is 9.59 Å². The Bertz CT molecular complexity index is 91.8. The van der Waals surface area contributed by atoms with E-state index >= 15 is 0 Å². The number of aliphatic carboxylic acids is 1. The highest BCUT2D eigenvalue weighted by Gasteiger charge is 1.99. The Morgan fingerprint density at radius 3 is 1.89 bits per heavy atom.